The number of rotatable bonds is 1. The molecule has 0 aliphatic rings. The second-order valence-electron chi connectivity index (χ2n) is 3.13. The molecular formula is C12H19N. The Kier molecular flexibility index (Phi) is 6.93. The maximum absolute atomic E-state index is 2.75. The van der Waals surface area contributed by atoms with Gasteiger partial charge < -0.3 is 5.32 Å². The lowest BCUT2D eigenvalue weighted by Crippen LogP contribution is -1.89. The fourth-order valence-electron chi connectivity index (χ4n) is 0.883. The van der Waals surface area contributed by atoms with Gasteiger partial charge in [0.2, 0.25) is 0 Å². The highest BCUT2D eigenvalue weighted by Crippen LogP contribution is 2.04. The van der Waals surface area contributed by atoms with E-state index in [0.29, 0.717) is 0 Å². The van der Waals surface area contributed by atoms with Crippen LogP contribution in [0.5, 0.6) is 0 Å². The van der Waals surface area contributed by atoms with Gasteiger partial charge in [-0.05, 0) is 33.5 Å². The molecule has 0 unspecified atom stereocenters. The van der Waals surface area contributed by atoms with Crippen molar-refractivity contribution in [2.45, 2.75) is 13.8 Å². The molecule has 1 heteroatoms. The molecule has 1 aromatic rings. The van der Waals surface area contributed by atoms with E-state index >= 15 is 0 Å². The quantitative estimate of drug-likeness (QED) is 0.695. The number of hydrogen-bond donors (Lipinski definition) is 1. The monoisotopic (exact) mass is 177 g/mol. The first-order valence-corrected chi connectivity index (χ1v) is 4.49. The molecule has 0 fully saturated rings. The average molecular weight is 177 g/mol. The normalized spacial score (nSPS) is 8.31. The third kappa shape index (κ3) is 7.29. The van der Waals surface area contributed by atoms with Gasteiger partial charge in [-0.15, -0.1) is 0 Å². The minimum absolute atomic E-state index is 1.28. The number of nitrogens with one attached hydrogen (secondary N) is 1. The van der Waals surface area contributed by atoms with Gasteiger partial charge >= 0.3 is 0 Å². The van der Waals surface area contributed by atoms with Gasteiger partial charge in [0, 0.05) is 0 Å². The molecule has 1 rings (SSSR count). The predicted octanol–water partition coefficient (Wildman–Crippen LogP) is 2.95. The Bertz CT molecular complexity index is 233. The topological polar surface area (TPSA) is 12.0 Å². The van der Waals surface area contributed by atoms with Gasteiger partial charge in [0.25, 0.3) is 0 Å². The molecule has 0 radical (unpaired) electrons. The standard InChI is InChI=1S/C10H12.C2H7N/c1-9(2)8-10-6-4-3-5-7-10;1-3-2/h3-8H,1-2H3;3H,1-2H3. The van der Waals surface area contributed by atoms with E-state index in [4.69, 9.17) is 0 Å². The fourth-order valence-corrected chi connectivity index (χ4v) is 0.883. The molecule has 0 bridgehead atoms. The second kappa shape index (κ2) is 7.56. The van der Waals surface area contributed by atoms with E-state index in [1.54, 1.807) is 0 Å². The molecule has 0 aliphatic heterocycles. The smallest absolute Gasteiger partial charge is 0.0167 e. The van der Waals surface area contributed by atoms with Crippen molar-refractivity contribution in [2.24, 2.45) is 0 Å². The van der Waals surface area contributed by atoms with Gasteiger partial charge in [-0.25, -0.2) is 0 Å². The van der Waals surface area contributed by atoms with Crippen LogP contribution in [-0.2, 0) is 0 Å². The number of hydrogen-bond acceptors (Lipinski definition) is 1. The van der Waals surface area contributed by atoms with Crippen molar-refractivity contribution in [3.05, 3.63) is 41.5 Å². The van der Waals surface area contributed by atoms with Gasteiger partial charge in [0.1, 0.15) is 0 Å². The summed E-state index contributed by atoms with van der Waals surface area (Å²) in [5.41, 5.74) is 2.62. The van der Waals surface area contributed by atoms with Gasteiger partial charge in [0.15, 0.2) is 0 Å². The molecule has 13 heavy (non-hydrogen) atoms. The third-order valence-electron chi connectivity index (χ3n) is 1.25. The first kappa shape index (κ1) is 11.9. The maximum atomic E-state index is 2.75. The van der Waals surface area contributed by atoms with Crippen molar-refractivity contribution in [1.82, 2.24) is 5.32 Å². The van der Waals surface area contributed by atoms with Gasteiger partial charge in [-0.2, -0.15) is 0 Å². The molecule has 1 aromatic carbocycles. The lowest BCUT2D eigenvalue weighted by atomic mass is 10.2. The van der Waals surface area contributed by atoms with Crippen LogP contribution in [0.15, 0.2) is 35.9 Å². The number of allylic oxidation sites excluding steroid dienone is 1. The highest BCUT2D eigenvalue weighted by Gasteiger charge is 1.82. The van der Waals surface area contributed by atoms with Crippen LogP contribution >= 0.6 is 0 Å². The molecule has 0 heterocycles. The molecule has 72 valence electrons. The van der Waals surface area contributed by atoms with Crippen molar-refractivity contribution >= 4 is 6.08 Å². The molecule has 0 spiro atoms. The molecule has 0 amide bonds. The Morgan fingerprint density at radius 2 is 1.54 bits per heavy atom. The number of benzene rings is 1. The van der Waals surface area contributed by atoms with E-state index < -0.39 is 0 Å². The summed E-state index contributed by atoms with van der Waals surface area (Å²) in [5.74, 6) is 0. The van der Waals surface area contributed by atoms with Crippen LogP contribution in [0.2, 0.25) is 0 Å². The SMILES string of the molecule is CC(C)=Cc1ccccc1.CNC. The van der Waals surface area contributed by atoms with Crippen LogP contribution in [0.3, 0.4) is 0 Å². The molecule has 0 saturated heterocycles. The van der Waals surface area contributed by atoms with Crippen molar-refractivity contribution in [3.63, 3.8) is 0 Å². The van der Waals surface area contributed by atoms with Gasteiger partial charge in [-0.1, -0.05) is 42.0 Å². The van der Waals surface area contributed by atoms with Crippen LogP contribution in [0.4, 0.5) is 0 Å². The first-order chi connectivity index (χ1) is 6.20. The summed E-state index contributed by atoms with van der Waals surface area (Å²) in [6, 6.07) is 10.3. The molecule has 0 saturated carbocycles. The lowest BCUT2D eigenvalue weighted by Gasteiger charge is -1.91. The Hall–Kier alpha value is -1.08. The largest absolute Gasteiger partial charge is 0.323 e. The molecular weight excluding hydrogens is 158 g/mol. The van der Waals surface area contributed by atoms with Crippen molar-refractivity contribution in [2.75, 3.05) is 14.1 Å². The van der Waals surface area contributed by atoms with Crippen molar-refractivity contribution in [1.29, 1.82) is 0 Å². The van der Waals surface area contributed by atoms with Crippen LogP contribution < -0.4 is 5.32 Å². The van der Waals surface area contributed by atoms with Crippen LogP contribution in [0.1, 0.15) is 19.4 Å². The Labute approximate surface area is 81.5 Å². The summed E-state index contributed by atoms with van der Waals surface area (Å²) < 4.78 is 0. The van der Waals surface area contributed by atoms with Crippen LogP contribution in [0.25, 0.3) is 6.08 Å². The van der Waals surface area contributed by atoms with Gasteiger partial charge in [-0.3, -0.25) is 0 Å². The fraction of sp³-hybridized carbons (Fsp3) is 0.333. The predicted molar refractivity (Wildman–Crippen MR) is 60.8 cm³/mol. The van der Waals surface area contributed by atoms with E-state index in [2.05, 4.69) is 49.5 Å². The van der Waals surface area contributed by atoms with E-state index in [1.807, 2.05) is 20.2 Å². The minimum atomic E-state index is 1.28. The van der Waals surface area contributed by atoms with E-state index in [1.165, 1.54) is 11.1 Å². The first-order valence-electron chi connectivity index (χ1n) is 4.49. The summed E-state index contributed by atoms with van der Waals surface area (Å²) in [6.07, 6.45) is 2.17. The highest BCUT2D eigenvalue weighted by molar-refractivity contribution is 5.51. The lowest BCUT2D eigenvalue weighted by molar-refractivity contribution is 1.02. The molecule has 0 atom stereocenters. The second-order valence-corrected chi connectivity index (χ2v) is 3.13. The Morgan fingerprint density at radius 1 is 1.08 bits per heavy atom. The Morgan fingerprint density at radius 3 is 1.92 bits per heavy atom. The summed E-state index contributed by atoms with van der Waals surface area (Å²) in [5, 5.41) is 2.75. The summed E-state index contributed by atoms with van der Waals surface area (Å²) in [4.78, 5) is 0. The van der Waals surface area contributed by atoms with E-state index in [9.17, 15) is 0 Å². The molecule has 1 N–H and O–H groups in total. The Balaban J connectivity index is 0.000000424. The van der Waals surface area contributed by atoms with E-state index in [0.717, 1.165) is 0 Å². The zero-order chi connectivity index (χ0) is 10.1. The molecule has 0 aliphatic carbocycles. The van der Waals surface area contributed by atoms with Crippen LogP contribution in [0, 0.1) is 0 Å². The van der Waals surface area contributed by atoms with E-state index in [-0.39, 0.29) is 0 Å². The minimum Gasteiger partial charge on any atom is -0.323 e. The van der Waals surface area contributed by atoms with Crippen molar-refractivity contribution in [3.8, 4) is 0 Å². The maximum Gasteiger partial charge on any atom is -0.0167 e. The highest BCUT2D eigenvalue weighted by atomic mass is 14.7. The summed E-state index contributed by atoms with van der Waals surface area (Å²) in [7, 11) is 3.75. The summed E-state index contributed by atoms with van der Waals surface area (Å²) >= 11 is 0. The van der Waals surface area contributed by atoms with Crippen LogP contribution in [-0.4, -0.2) is 14.1 Å². The molecule has 0 aromatic heterocycles. The third-order valence-corrected chi connectivity index (χ3v) is 1.25. The van der Waals surface area contributed by atoms with Gasteiger partial charge in [0.05, 0.1) is 0 Å². The zero-order valence-electron chi connectivity index (χ0n) is 8.96. The summed E-state index contributed by atoms with van der Waals surface area (Å²) in [6.45, 7) is 4.21. The zero-order valence-corrected chi connectivity index (χ0v) is 8.96. The average Bonchev–Trinajstić information content (AvgIpc) is 2.06. The van der Waals surface area contributed by atoms with Crippen molar-refractivity contribution < 1.29 is 0 Å². The molecule has 1 nitrogen and oxygen atoms in total.